The number of hydrogen-bond donors (Lipinski definition) is 1. The van der Waals surface area contributed by atoms with Gasteiger partial charge in [0.05, 0.1) is 7.11 Å². The molecule has 0 atom stereocenters. The van der Waals surface area contributed by atoms with E-state index in [-0.39, 0.29) is 5.91 Å². The monoisotopic (exact) mass is 285 g/mol. The summed E-state index contributed by atoms with van der Waals surface area (Å²) in [6.07, 6.45) is 1.29. The van der Waals surface area contributed by atoms with Crippen molar-refractivity contribution < 1.29 is 9.53 Å². The highest BCUT2D eigenvalue weighted by atomic mass is 79.9. The second-order valence-corrected chi connectivity index (χ2v) is 4.18. The predicted molar refractivity (Wildman–Crippen MR) is 68.1 cm³/mol. The molecule has 1 N–H and O–H groups in total. The Hall–Kier alpha value is -1.03. The molecule has 0 unspecified atom stereocenters. The molecule has 0 fully saturated rings. The van der Waals surface area contributed by atoms with E-state index in [0.29, 0.717) is 13.0 Å². The van der Waals surface area contributed by atoms with E-state index in [1.807, 2.05) is 24.3 Å². The molecule has 0 aliphatic heterocycles. The van der Waals surface area contributed by atoms with Crippen molar-refractivity contribution in [1.82, 2.24) is 5.32 Å². The van der Waals surface area contributed by atoms with Crippen LogP contribution in [0.5, 0.6) is 5.75 Å². The van der Waals surface area contributed by atoms with Gasteiger partial charge in [0.25, 0.3) is 0 Å². The first-order valence-corrected chi connectivity index (χ1v) is 6.34. The standard InChI is InChI=1S/C12H16BrNO2/c1-16-11-5-2-10(3-6-11)4-7-12(15)14-9-8-13/h2-3,5-6H,4,7-9H2,1H3,(H,14,15). The van der Waals surface area contributed by atoms with Crippen molar-refractivity contribution in [3.8, 4) is 5.75 Å². The van der Waals surface area contributed by atoms with Gasteiger partial charge in [-0.25, -0.2) is 0 Å². The zero-order valence-electron chi connectivity index (χ0n) is 9.33. The molecular formula is C12H16BrNO2. The van der Waals surface area contributed by atoms with E-state index in [9.17, 15) is 4.79 Å². The summed E-state index contributed by atoms with van der Waals surface area (Å²) < 4.78 is 5.06. The number of hydrogen-bond acceptors (Lipinski definition) is 2. The largest absolute Gasteiger partial charge is 0.497 e. The molecule has 0 saturated carbocycles. The molecule has 88 valence electrons. The number of benzene rings is 1. The van der Waals surface area contributed by atoms with E-state index in [2.05, 4.69) is 21.2 Å². The van der Waals surface area contributed by atoms with E-state index in [1.165, 1.54) is 0 Å². The number of methoxy groups -OCH3 is 1. The number of ether oxygens (including phenoxy) is 1. The molecule has 1 aromatic carbocycles. The maximum atomic E-state index is 11.3. The van der Waals surface area contributed by atoms with Crippen molar-refractivity contribution in [1.29, 1.82) is 0 Å². The third-order valence-corrected chi connectivity index (χ3v) is 2.61. The van der Waals surface area contributed by atoms with Crippen LogP contribution in [0, 0.1) is 0 Å². The van der Waals surface area contributed by atoms with Gasteiger partial charge in [0.2, 0.25) is 5.91 Å². The molecule has 0 aromatic heterocycles. The van der Waals surface area contributed by atoms with Crippen LogP contribution in [0.1, 0.15) is 12.0 Å². The van der Waals surface area contributed by atoms with Crippen LogP contribution in [0.25, 0.3) is 0 Å². The summed E-state index contributed by atoms with van der Waals surface area (Å²) in [7, 11) is 1.64. The van der Waals surface area contributed by atoms with Gasteiger partial charge in [-0.3, -0.25) is 4.79 Å². The Balaban J connectivity index is 2.33. The zero-order chi connectivity index (χ0) is 11.8. The lowest BCUT2D eigenvalue weighted by Crippen LogP contribution is -2.25. The average molecular weight is 286 g/mol. The van der Waals surface area contributed by atoms with Gasteiger partial charge in [-0.05, 0) is 24.1 Å². The lowest BCUT2D eigenvalue weighted by atomic mass is 10.1. The number of nitrogens with one attached hydrogen (secondary N) is 1. The van der Waals surface area contributed by atoms with Gasteiger partial charge >= 0.3 is 0 Å². The van der Waals surface area contributed by atoms with E-state index in [0.717, 1.165) is 23.1 Å². The first-order chi connectivity index (χ1) is 7.76. The van der Waals surface area contributed by atoms with Crippen molar-refractivity contribution in [2.75, 3.05) is 19.0 Å². The van der Waals surface area contributed by atoms with Gasteiger partial charge in [0.1, 0.15) is 5.75 Å². The molecule has 1 rings (SSSR count). The minimum absolute atomic E-state index is 0.0928. The van der Waals surface area contributed by atoms with Gasteiger partial charge in [0.15, 0.2) is 0 Å². The zero-order valence-corrected chi connectivity index (χ0v) is 10.9. The number of amides is 1. The number of carbonyl (C=O) groups excluding carboxylic acids is 1. The smallest absolute Gasteiger partial charge is 0.220 e. The van der Waals surface area contributed by atoms with Crippen molar-refractivity contribution in [2.45, 2.75) is 12.8 Å². The Bertz CT molecular complexity index is 324. The molecule has 0 bridgehead atoms. The highest BCUT2D eigenvalue weighted by molar-refractivity contribution is 9.09. The van der Waals surface area contributed by atoms with Crippen LogP contribution in [-0.2, 0) is 11.2 Å². The Morgan fingerprint density at radius 2 is 2.06 bits per heavy atom. The summed E-state index contributed by atoms with van der Waals surface area (Å²) in [5.41, 5.74) is 1.15. The second-order valence-electron chi connectivity index (χ2n) is 3.39. The number of carbonyl (C=O) groups is 1. The van der Waals surface area contributed by atoms with Gasteiger partial charge in [-0.2, -0.15) is 0 Å². The minimum Gasteiger partial charge on any atom is -0.497 e. The van der Waals surface area contributed by atoms with Crippen LogP contribution in [0.15, 0.2) is 24.3 Å². The molecule has 1 amide bonds. The van der Waals surface area contributed by atoms with Crippen molar-refractivity contribution in [2.24, 2.45) is 0 Å². The normalized spacial score (nSPS) is 9.88. The van der Waals surface area contributed by atoms with Gasteiger partial charge in [-0.15, -0.1) is 0 Å². The molecule has 0 saturated heterocycles. The Kier molecular flexibility index (Phi) is 5.93. The van der Waals surface area contributed by atoms with Gasteiger partial charge < -0.3 is 10.1 Å². The molecular weight excluding hydrogens is 270 g/mol. The summed E-state index contributed by atoms with van der Waals surface area (Å²) >= 11 is 3.26. The molecule has 1 aromatic rings. The lowest BCUT2D eigenvalue weighted by Gasteiger charge is -2.04. The lowest BCUT2D eigenvalue weighted by molar-refractivity contribution is -0.120. The van der Waals surface area contributed by atoms with Crippen LogP contribution in [0.2, 0.25) is 0 Å². The quantitative estimate of drug-likeness (QED) is 0.814. The molecule has 4 heteroatoms. The topological polar surface area (TPSA) is 38.3 Å². The van der Waals surface area contributed by atoms with Gasteiger partial charge in [0, 0.05) is 18.3 Å². The third-order valence-electron chi connectivity index (χ3n) is 2.22. The minimum atomic E-state index is 0.0928. The second kappa shape index (κ2) is 7.28. The fourth-order valence-electron chi connectivity index (χ4n) is 1.33. The number of aryl methyl sites for hydroxylation is 1. The Labute approximate surface area is 104 Å². The van der Waals surface area contributed by atoms with Crippen LogP contribution >= 0.6 is 15.9 Å². The van der Waals surface area contributed by atoms with Crippen molar-refractivity contribution >= 4 is 21.8 Å². The van der Waals surface area contributed by atoms with Crippen molar-refractivity contribution in [3.63, 3.8) is 0 Å². The number of rotatable bonds is 6. The third kappa shape index (κ3) is 4.66. The number of halogens is 1. The molecule has 0 radical (unpaired) electrons. The van der Waals surface area contributed by atoms with Crippen LogP contribution in [0.4, 0.5) is 0 Å². The summed E-state index contributed by atoms with van der Waals surface area (Å²) in [5, 5.41) is 3.61. The van der Waals surface area contributed by atoms with Crippen LogP contribution in [-0.4, -0.2) is 24.9 Å². The summed E-state index contributed by atoms with van der Waals surface area (Å²) in [4.78, 5) is 11.3. The van der Waals surface area contributed by atoms with Crippen LogP contribution < -0.4 is 10.1 Å². The molecule has 0 spiro atoms. The highest BCUT2D eigenvalue weighted by Gasteiger charge is 2.01. The fraction of sp³-hybridized carbons (Fsp3) is 0.417. The predicted octanol–water partition coefficient (Wildman–Crippen LogP) is 2.14. The first kappa shape index (κ1) is 13.0. The molecule has 3 nitrogen and oxygen atoms in total. The first-order valence-electron chi connectivity index (χ1n) is 5.22. The van der Waals surface area contributed by atoms with E-state index < -0.39 is 0 Å². The van der Waals surface area contributed by atoms with E-state index >= 15 is 0 Å². The Morgan fingerprint density at radius 1 is 1.38 bits per heavy atom. The molecule has 0 aliphatic carbocycles. The summed E-state index contributed by atoms with van der Waals surface area (Å²) in [6.45, 7) is 0.682. The van der Waals surface area contributed by atoms with Crippen LogP contribution in [0.3, 0.4) is 0 Å². The average Bonchev–Trinajstić information content (AvgIpc) is 2.34. The fourth-order valence-corrected chi connectivity index (χ4v) is 1.52. The highest BCUT2D eigenvalue weighted by Crippen LogP contribution is 2.12. The number of alkyl halides is 1. The molecule has 0 aliphatic rings. The van der Waals surface area contributed by atoms with Crippen molar-refractivity contribution in [3.05, 3.63) is 29.8 Å². The van der Waals surface area contributed by atoms with E-state index in [1.54, 1.807) is 7.11 Å². The van der Waals surface area contributed by atoms with Gasteiger partial charge in [-0.1, -0.05) is 28.1 Å². The molecule has 0 heterocycles. The van der Waals surface area contributed by atoms with E-state index in [4.69, 9.17) is 4.74 Å². The summed E-state index contributed by atoms with van der Waals surface area (Å²) in [6, 6.07) is 7.78. The maximum Gasteiger partial charge on any atom is 0.220 e. The molecule has 16 heavy (non-hydrogen) atoms. The SMILES string of the molecule is COc1ccc(CCC(=O)NCCBr)cc1. The maximum absolute atomic E-state index is 11.3. The Morgan fingerprint density at radius 3 is 2.62 bits per heavy atom. The summed E-state index contributed by atoms with van der Waals surface area (Å²) in [5.74, 6) is 0.933.